The number of rotatable bonds is 20. The van der Waals surface area contributed by atoms with Gasteiger partial charge < -0.3 is 15.8 Å². The highest BCUT2D eigenvalue weighted by atomic mass is 16.5. The summed E-state index contributed by atoms with van der Waals surface area (Å²) in [7, 11) is 1.67. The van der Waals surface area contributed by atoms with Crippen molar-refractivity contribution in [2.75, 3.05) is 13.7 Å². The molecule has 4 heteroatoms. The molecule has 0 atom stereocenters. The van der Waals surface area contributed by atoms with E-state index in [1.165, 1.54) is 70.6 Å². The first-order chi connectivity index (χ1) is 15.7. The van der Waals surface area contributed by atoms with Crippen LogP contribution in [0.5, 0.6) is 5.75 Å². The number of allylic oxidation sites excluding steroid dienone is 2. The van der Waals surface area contributed by atoms with Gasteiger partial charge in [-0.2, -0.15) is 0 Å². The molecule has 1 aromatic carbocycles. The van der Waals surface area contributed by atoms with Gasteiger partial charge in [0.2, 0.25) is 5.91 Å². The molecule has 1 rings (SSSR count). The van der Waals surface area contributed by atoms with Crippen LogP contribution in [0.4, 0.5) is 0 Å². The van der Waals surface area contributed by atoms with E-state index in [0.29, 0.717) is 19.5 Å². The van der Waals surface area contributed by atoms with Gasteiger partial charge in [-0.1, -0.05) is 82.6 Å². The van der Waals surface area contributed by atoms with Gasteiger partial charge in [0.1, 0.15) is 5.75 Å². The summed E-state index contributed by atoms with van der Waals surface area (Å²) in [5.41, 5.74) is 7.80. The Morgan fingerprint density at radius 1 is 0.938 bits per heavy atom. The molecule has 0 spiro atoms. The lowest BCUT2D eigenvalue weighted by molar-refractivity contribution is -0.121. The Kier molecular flexibility index (Phi) is 17.5. The average Bonchev–Trinajstić information content (AvgIpc) is 2.81. The molecule has 0 saturated carbocycles. The summed E-state index contributed by atoms with van der Waals surface area (Å²) in [6.07, 6.45) is 22.7. The smallest absolute Gasteiger partial charge is 0.220 e. The maximum Gasteiger partial charge on any atom is 0.220 e. The molecule has 32 heavy (non-hydrogen) atoms. The average molecular weight is 445 g/mol. The number of nitrogens with one attached hydrogen (secondary N) is 1. The number of carbonyl (C=O) groups is 1. The fourth-order valence-corrected chi connectivity index (χ4v) is 3.91. The van der Waals surface area contributed by atoms with Crippen LogP contribution in [0.25, 0.3) is 0 Å². The topological polar surface area (TPSA) is 64.4 Å². The Bertz CT molecular complexity index is 628. The quantitative estimate of drug-likeness (QED) is 0.171. The Labute approximate surface area is 197 Å². The molecule has 1 aromatic rings. The van der Waals surface area contributed by atoms with Crippen LogP contribution in [0.3, 0.4) is 0 Å². The van der Waals surface area contributed by atoms with Gasteiger partial charge in [0.25, 0.3) is 0 Å². The molecule has 1 amide bonds. The van der Waals surface area contributed by atoms with Gasteiger partial charge in [-0.15, -0.1) is 0 Å². The number of amides is 1. The second kappa shape index (κ2) is 19.8. The number of ether oxygens (including phenoxy) is 1. The highest BCUT2D eigenvalue weighted by Gasteiger charge is 2.06. The highest BCUT2D eigenvalue weighted by molar-refractivity contribution is 5.75. The first-order valence-electron chi connectivity index (χ1n) is 13.0. The normalized spacial score (nSPS) is 11.2. The summed E-state index contributed by atoms with van der Waals surface area (Å²) in [4.78, 5) is 12.1. The van der Waals surface area contributed by atoms with Gasteiger partial charge in [0.15, 0.2) is 0 Å². The van der Waals surface area contributed by atoms with Crippen molar-refractivity contribution in [3.63, 3.8) is 0 Å². The zero-order valence-electron chi connectivity index (χ0n) is 20.8. The van der Waals surface area contributed by atoms with Crippen molar-refractivity contribution in [1.29, 1.82) is 0 Å². The summed E-state index contributed by atoms with van der Waals surface area (Å²) in [6.45, 7) is 3.41. The maximum absolute atomic E-state index is 12.1. The molecule has 0 saturated heterocycles. The number of nitrogens with two attached hydrogens (primary N) is 1. The number of benzene rings is 1. The second-order valence-electron chi connectivity index (χ2n) is 8.80. The first kappa shape index (κ1) is 28.2. The molecule has 0 unspecified atom stereocenters. The molecule has 4 nitrogen and oxygen atoms in total. The van der Waals surface area contributed by atoms with E-state index in [-0.39, 0.29) is 5.91 Å². The van der Waals surface area contributed by atoms with Crippen LogP contribution in [0.1, 0.15) is 108 Å². The van der Waals surface area contributed by atoms with Crippen molar-refractivity contribution >= 4 is 5.91 Å². The molecular formula is C28H48N2O2. The largest absolute Gasteiger partial charge is 0.496 e. The summed E-state index contributed by atoms with van der Waals surface area (Å²) in [5.74, 6) is 0.979. The van der Waals surface area contributed by atoms with Crippen LogP contribution in [0, 0.1) is 0 Å². The van der Waals surface area contributed by atoms with Crippen LogP contribution in [-0.2, 0) is 17.8 Å². The summed E-state index contributed by atoms with van der Waals surface area (Å²) < 4.78 is 5.43. The molecular weight excluding hydrogens is 396 g/mol. The van der Waals surface area contributed by atoms with E-state index in [4.69, 9.17) is 10.5 Å². The SMILES string of the molecule is CCCCCCCCC=CCCCCCCCC(=O)NCc1ccc(CCN)c(OC)c1. The third-order valence-electron chi connectivity index (χ3n) is 5.92. The van der Waals surface area contributed by atoms with Crippen LogP contribution in [0.15, 0.2) is 30.4 Å². The van der Waals surface area contributed by atoms with Crippen molar-refractivity contribution in [3.05, 3.63) is 41.5 Å². The van der Waals surface area contributed by atoms with Crippen molar-refractivity contribution in [2.45, 2.75) is 110 Å². The van der Waals surface area contributed by atoms with E-state index in [2.05, 4.69) is 24.4 Å². The first-order valence-corrected chi connectivity index (χ1v) is 13.0. The Morgan fingerprint density at radius 3 is 2.19 bits per heavy atom. The summed E-state index contributed by atoms with van der Waals surface area (Å²) in [6, 6.07) is 6.07. The molecule has 0 aliphatic heterocycles. The van der Waals surface area contributed by atoms with E-state index in [0.717, 1.165) is 36.1 Å². The van der Waals surface area contributed by atoms with Crippen molar-refractivity contribution < 1.29 is 9.53 Å². The fraction of sp³-hybridized carbons (Fsp3) is 0.679. The molecule has 0 radical (unpaired) electrons. The minimum Gasteiger partial charge on any atom is -0.496 e. The third kappa shape index (κ3) is 14.3. The monoisotopic (exact) mass is 444 g/mol. The number of methoxy groups -OCH3 is 1. The predicted octanol–water partition coefficient (Wildman–Crippen LogP) is 6.85. The van der Waals surface area contributed by atoms with Gasteiger partial charge in [0.05, 0.1) is 7.11 Å². The summed E-state index contributed by atoms with van der Waals surface area (Å²) in [5, 5.41) is 3.02. The number of hydrogen-bond acceptors (Lipinski definition) is 3. The summed E-state index contributed by atoms with van der Waals surface area (Å²) >= 11 is 0. The van der Waals surface area contributed by atoms with E-state index in [1.807, 2.05) is 18.2 Å². The fourth-order valence-electron chi connectivity index (χ4n) is 3.91. The lowest BCUT2D eigenvalue weighted by Crippen LogP contribution is -2.22. The highest BCUT2D eigenvalue weighted by Crippen LogP contribution is 2.20. The Hall–Kier alpha value is -1.81. The lowest BCUT2D eigenvalue weighted by atomic mass is 10.1. The van der Waals surface area contributed by atoms with E-state index in [9.17, 15) is 4.79 Å². The number of carbonyl (C=O) groups excluding carboxylic acids is 1. The molecule has 0 aliphatic carbocycles. The Balaban J connectivity index is 1.99. The zero-order chi connectivity index (χ0) is 23.3. The minimum atomic E-state index is 0.132. The molecule has 0 heterocycles. The molecule has 0 aromatic heterocycles. The lowest BCUT2D eigenvalue weighted by Gasteiger charge is -2.11. The number of unbranched alkanes of at least 4 members (excludes halogenated alkanes) is 11. The molecule has 0 bridgehead atoms. The van der Waals surface area contributed by atoms with Crippen LogP contribution >= 0.6 is 0 Å². The molecule has 0 fully saturated rings. The van der Waals surface area contributed by atoms with Gasteiger partial charge in [-0.25, -0.2) is 0 Å². The van der Waals surface area contributed by atoms with Crippen LogP contribution in [-0.4, -0.2) is 19.6 Å². The van der Waals surface area contributed by atoms with E-state index >= 15 is 0 Å². The van der Waals surface area contributed by atoms with Gasteiger partial charge in [-0.05, 0) is 62.3 Å². The molecule has 0 aliphatic rings. The zero-order valence-corrected chi connectivity index (χ0v) is 20.8. The van der Waals surface area contributed by atoms with Gasteiger partial charge in [-0.3, -0.25) is 4.79 Å². The third-order valence-corrected chi connectivity index (χ3v) is 5.92. The number of hydrogen-bond donors (Lipinski definition) is 2. The van der Waals surface area contributed by atoms with Gasteiger partial charge >= 0.3 is 0 Å². The van der Waals surface area contributed by atoms with Crippen molar-refractivity contribution in [2.24, 2.45) is 5.73 Å². The molecule has 3 N–H and O–H groups in total. The van der Waals surface area contributed by atoms with E-state index < -0.39 is 0 Å². The van der Waals surface area contributed by atoms with Crippen molar-refractivity contribution in [3.8, 4) is 5.75 Å². The van der Waals surface area contributed by atoms with E-state index in [1.54, 1.807) is 7.11 Å². The second-order valence-corrected chi connectivity index (χ2v) is 8.80. The van der Waals surface area contributed by atoms with Crippen LogP contribution in [0.2, 0.25) is 0 Å². The van der Waals surface area contributed by atoms with Gasteiger partial charge in [0, 0.05) is 13.0 Å². The van der Waals surface area contributed by atoms with Crippen LogP contribution < -0.4 is 15.8 Å². The standard InChI is InChI=1S/C28H48N2O2/c1-3-4-5-6-7-8-9-10-11-12-13-14-15-16-17-18-28(31)30-24-25-19-20-26(21-22-29)27(23-25)32-2/h10-11,19-20,23H,3-9,12-18,21-22,24,29H2,1-2H3,(H,30,31). The minimum absolute atomic E-state index is 0.132. The Morgan fingerprint density at radius 2 is 1.56 bits per heavy atom. The maximum atomic E-state index is 12.1. The molecule has 182 valence electrons. The predicted molar refractivity (Wildman–Crippen MR) is 137 cm³/mol. The van der Waals surface area contributed by atoms with Crippen molar-refractivity contribution in [1.82, 2.24) is 5.32 Å².